The van der Waals surface area contributed by atoms with Gasteiger partial charge in [0.1, 0.15) is 5.76 Å². The van der Waals surface area contributed by atoms with Crippen molar-refractivity contribution in [2.45, 2.75) is 27.2 Å². The van der Waals surface area contributed by atoms with Crippen molar-refractivity contribution in [1.82, 2.24) is 5.43 Å². The number of amides is 1. The van der Waals surface area contributed by atoms with Gasteiger partial charge in [-0.15, -0.1) is 0 Å². The first-order valence-electron chi connectivity index (χ1n) is 4.52. The van der Waals surface area contributed by atoms with Crippen LogP contribution in [0.5, 0.6) is 0 Å². The molecule has 1 rings (SSSR count). The Morgan fingerprint density at radius 3 is 2.86 bits per heavy atom. The highest BCUT2D eigenvalue weighted by Gasteiger charge is 2.09. The molecule has 14 heavy (non-hydrogen) atoms. The quantitative estimate of drug-likeness (QED) is 0.591. The Labute approximate surface area is 83.0 Å². The Balaban J connectivity index is 2.65. The molecule has 0 bridgehead atoms. The highest BCUT2D eigenvalue weighted by molar-refractivity contribution is 5.95. The van der Waals surface area contributed by atoms with Gasteiger partial charge in [-0.2, -0.15) is 5.10 Å². The molecule has 1 aromatic rings. The van der Waals surface area contributed by atoms with Crippen molar-refractivity contribution in [3.8, 4) is 0 Å². The van der Waals surface area contributed by atoms with E-state index in [2.05, 4.69) is 10.5 Å². The van der Waals surface area contributed by atoms with E-state index in [1.165, 1.54) is 6.26 Å². The second-order valence-corrected chi connectivity index (χ2v) is 3.03. The third kappa shape index (κ3) is 2.45. The Morgan fingerprint density at radius 2 is 2.36 bits per heavy atom. The van der Waals surface area contributed by atoms with Crippen LogP contribution in [0.4, 0.5) is 0 Å². The van der Waals surface area contributed by atoms with Crippen LogP contribution >= 0.6 is 0 Å². The molecule has 0 saturated carbocycles. The lowest BCUT2D eigenvalue weighted by molar-refractivity contribution is 0.0953. The zero-order valence-electron chi connectivity index (χ0n) is 8.63. The van der Waals surface area contributed by atoms with Crippen LogP contribution in [-0.4, -0.2) is 11.6 Å². The van der Waals surface area contributed by atoms with Crippen LogP contribution in [-0.2, 0) is 0 Å². The molecule has 0 atom stereocenters. The molecule has 0 aromatic carbocycles. The fourth-order valence-electron chi connectivity index (χ4n) is 0.906. The molecule has 0 spiro atoms. The molecular weight excluding hydrogens is 180 g/mol. The summed E-state index contributed by atoms with van der Waals surface area (Å²) in [7, 11) is 0. The normalized spacial score (nSPS) is 11.5. The molecular formula is C10H14N2O2. The molecule has 1 heterocycles. The number of carbonyl (C=O) groups excluding carboxylic acids is 1. The lowest BCUT2D eigenvalue weighted by atomic mass is 10.2. The fraction of sp³-hybridized carbons (Fsp3) is 0.400. The van der Waals surface area contributed by atoms with Gasteiger partial charge in [0.25, 0.3) is 5.91 Å². The Hall–Kier alpha value is -1.58. The monoisotopic (exact) mass is 194 g/mol. The summed E-state index contributed by atoms with van der Waals surface area (Å²) in [5, 5.41) is 3.92. The largest absolute Gasteiger partial charge is 0.469 e. The molecule has 4 nitrogen and oxygen atoms in total. The zero-order valence-corrected chi connectivity index (χ0v) is 8.63. The minimum absolute atomic E-state index is 0.232. The van der Waals surface area contributed by atoms with Crippen molar-refractivity contribution >= 4 is 11.6 Å². The van der Waals surface area contributed by atoms with Gasteiger partial charge in [0, 0.05) is 5.71 Å². The van der Waals surface area contributed by atoms with Crippen LogP contribution in [0.15, 0.2) is 21.8 Å². The smallest absolute Gasteiger partial charge is 0.274 e. The Bertz CT molecular complexity index is 353. The summed E-state index contributed by atoms with van der Waals surface area (Å²) in [6.45, 7) is 5.59. The second-order valence-electron chi connectivity index (χ2n) is 3.03. The summed E-state index contributed by atoms with van der Waals surface area (Å²) in [5.74, 6) is 0.371. The number of furan rings is 1. The van der Waals surface area contributed by atoms with Crippen LogP contribution in [0.3, 0.4) is 0 Å². The van der Waals surface area contributed by atoms with Crippen molar-refractivity contribution in [3.63, 3.8) is 0 Å². The topological polar surface area (TPSA) is 54.6 Å². The van der Waals surface area contributed by atoms with Gasteiger partial charge < -0.3 is 4.42 Å². The number of nitrogens with zero attached hydrogens (tertiary/aromatic N) is 1. The van der Waals surface area contributed by atoms with E-state index in [1.807, 2.05) is 13.8 Å². The third-order valence-corrected chi connectivity index (χ3v) is 1.96. The van der Waals surface area contributed by atoms with E-state index >= 15 is 0 Å². The van der Waals surface area contributed by atoms with Crippen LogP contribution in [0.25, 0.3) is 0 Å². The van der Waals surface area contributed by atoms with E-state index < -0.39 is 0 Å². The lowest BCUT2D eigenvalue weighted by Gasteiger charge is -1.99. The molecule has 1 amide bonds. The van der Waals surface area contributed by atoms with E-state index in [1.54, 1.807) is 13.0 Å². The molecule has 0 aliphatic carbocycles. The fourth-order valence-corrected chi connectivity index (χ4v) is 0.906. The Morgan fingerprint density at radius 1 is 1.64 bits per heavy atom. The van der Waals surface area contributed by atoms with Crippen LogP contribution < -0.4 is 5.43 Å². The second kappa shape index (κ2) is 4.60. The average Bonchev–Trinajstić information content (AvgIpc) is 2.60. The van der Waals surface area contributed by atoms with Gasteiger partial charge in [-0.3, -0.25) is 4.79 Å². The first-order chi connectivity index (χ1) is 6.65. The maximum absolute atomic E-state index is 11.5. The predicted molar refractivity (Wildman–Crippen MR) is 54.3 cm³/mol. The van der Waals surface area contributed by atoms with E-state index in [-0.39, 0.29) is 5.91 Å². The van der Waals surface area contributed by atoms with Gasteiger partial charge in [-0.25, -0.2) is 5.43 Å². The van der Waals surface area contributed by atoms with Gasteiger partial charge in [-0.05, 0) is 26.3 Å². The average molecular weight is 194 g/mol. The molecule has 76 valence electrons. The summed E-state index contributed by atoms with van der Waals surface area (Å²) in [6.07, 6.45) is 2.31. The highest BCUT2D eigenvalue weighted by atomic mass is 16.3. The van der Waals surface area contributed by atoms with Gasteiger partial charge in [0.15, 0.2) is 0 Å². The number of hydrazone groups is 1. The molecule has 1 aromatic heterocycles. The molecule has 0 unspecified atom stereocenters. The van der Waals surface area contributed by atoms with Crippen molar-refractivity contribution < 1.29 is 9.21 Å². The van der Waals surface area contributed by atoms with Crippen molar-refractivity contribution in [2.75, 3.05) is 0 Å². The summed E-state index contributed by atoms with van der Waals surface area (Å²) >= 11 is 0. The number of hydrogen-bond acceptors (Lipinski definition) is 3. The maximum atomic E-state index is 11.5. The summed E-state index contributed by atoms with van der Waals surface area (Å²) < 4.78 is 5.01. The van der Waals surface area contributed by atoms with Crippen molar-refractivity contribution in [2.24, 2.45) is 5.10 Å². The van der Waals surface area contributed by atoms with E-state index in [9.17, 15) is 4.79 Å². The molecule has 4 heteroatoms. The first-order valence-corrected chi connectivity index (χ1v) is 4.52. The third-order valence-electron chi connectivity index (χ3n) is 1.96. The standard InChI is InChI=1S/C10H14N2O2/c1-4-7(2)11-12-10(13)9-5-6-14-8(9)3/h5-6H,4H2,1-3H3,(H,12,13)/b11-7-. The number of rotatable bonds is 3. The van der Waals surface area contributed by atoms with Crippen LogP contribution in [0.2, 0.25) is 0 Å². The number of aryl methyl sites for hydroxylation is 1. The summed E-state index contributed by atoms with van der Waals surface area (Å²) in [4.78, 5) is 11.5. The van der Waals surface area contributed by atoms with E-state index in [0.717, 1.165) is 12.1 Å². The maximum Gasteiger partial charge on any atom is 0.274 e. The minimum Gasteiger partial charge on any atom is -0.469 e. The van der Waals surface area contributed by atoms with Crippen LogP contribution in [0, 0.1) is 6.92 Å². The molecule has 0 aliphatic rings. The van der Waals surface area contributed by atoms with Crippen molar-refractivity contribution in [1.29, 1.82) is 0 Å². The summed E-state index contributed by atoms with van der Waals surface area (Å²) in [5.41, 5.74) is 3.88. The molecule has 0 aliphatic heterocycles. The number of nitrogens with one attached hydrogen (secondary N) is 1. The lowest BCUT2D eigenvalue weighted by Crippen LogP contribution is -2.19. The van der Waals surface area contributed by atoms with Gasteiger partial charge in [0.2, 0.25) is 0 Å². The van der Waals surface area contributed by atoms with E-state index in [0.29, 0.717) is 11.3 Å². The van der Waals surface area contributed by atoms with Gasteiger partial charge in [0.05, 0.1) is 11.8 Å². The van der Waals surface area contributed by atoms with Gasteiger partial charge in [-0.1, -0.05) is 6.92 Å². The predicted octanol–water partition coefficient (Wildman–Crippen LogP) is 2.10. The number of hydrogen-bond donors (Lipinski definition) is 1. The summed E-state index contributed by atoms with van der Waals surface area (Å²) in [6, 6.07) is 1.63. The van der Waals surface area contributed by atoms with Gasteiger partial charge >= 0.3 is 0 Å². The molecule has 0 radical (unpaired) electrons. The molecule has 0 saturated heterocycles. The molecule has 0 fully saturated rings. The van der Waals surface area contributed by atoms with E-state index in [4.69, 9.17) is 4.42 Å². The first kappa shape index (κ1) is 10.5. The minimum atomic E-state index is -0.232. The zero-order chi connectivity index (χ0) is 10.6. The van der Waals surface area contributed by atoms with Crippen LogP contribution in [0.1, 0.15) is 36.4 Å². The molecule has 1 N–H and O–H groups in total. The number of carbonyl (C=O) groups is 1. The Kier molecular flexibility index (Phi) is 3.45. The SMILES string of the molecule is CC/C(C)=N\NC(=O)c1ccoc1C. The van der Waals surface area contributed by atoms with Crippen molar-refractivity contribution in [3.05, 3.63) is 23.7 Å². The highest BCUT2D eigenvalue weighted by Crippen LogP contribution is 2.07.